The Morgan fingerprint density at radius 2 is 2.35 bits per heavy atom. The monoisotopic (exact) mass is 258 g/mol. The molecule has 1 N–H and O–H groups in total. The Labute approximate surface area is 105 Å². The highest BCUT2D eigenvalue weighted by Crippen LogP contribution is 2.27. The molecule has 4 heteroatoms. The number of aliphatic hydroxyl groups is 1. The smallest absolute Gasteiger partial charge is 0.142 e. The molecule has 3 atom stereocenters. The van der Waals surface area contributed by atoms with Gasteiger partial charge >= 0.3 is 0 Å². The van der Waals surface area contributed by atoms with Crippen molar-refractivity contribution in [2.45, 2.75) is 32.0 Å². The Bertz CT molecular complexity index is 397. The van der Waals surface area contributed by atoms with Crippen LogP contribution in [0.2, 0.25) is 5.02 Å². The number of hydrogen-bond acceptors (Lipinski definition) is 2. The molecule has 2 rings (SSSR count). The van der Waals surface area contributed by atoms with Crippen LogP contribution in [0.3, 0.4) is 0 Å². The fourth-order valence-corrected chi connectivity index (χ4v) is 2.46. The Kier molecular flexibility index (Phi) is 4.02. The summed E-state index contributed by atoms with van der Waals surface area (Å²) in [7, 11) is 0. The normalized spacial score (nSPS) is 26.1. The highest BCUT2D eigenvalue weighted by Gasteiger charge is 2.31. The van der Waals surface area contributed by atoms with E-state index in [1.54, 1.807) is 12.1 Å². The third-order valence-electron chi connectivity index (χ3n) is 3.28. The molecule has 0 amide bonds. The zero-order chi connectivity index (χ0) is 12.4. The first-order chi connectivity index (χ1) is 8.09. The number of benzene rings is 1. The van der Waals surface area contributed by atoms with Crippen LogP contribution in [0.25, 0.3) is 0 Å². The molecule has 2 nitrogen and oxygen atoms in total. The largest absolute Gasteiger partial charge is 0.390 e. The van der Waals surface area contributed by atoms with E-state index in [-0.39, 0.29) is 11.1 Å². The molecule has 94 valence electrons. The quantitative estimate of drug-likeness (QED) is 0.903. The van der Waals surface area contributed by atoms with Gasteiger partial charge < -0.3 is 9.84 Å². The second-order valence-corrected chi connectivity index (χ2v) is 4.96. The van der Waals surface area contributed by atoms with Crippen LogP contribution in [-0.2, 0) is 11.2 Å². The molecule has 0 spiro atoms. The summed E-state index contributed by atoms with van der Waals surface area (Å²) in [5, 5.41) is 10.2. The fraction of sp³-hybridized carbons (Fsp3) is 0.538. The number of ether oxygens (including phenoxy) is 1. The minimum absolute atomic E-state index is 0.0946. The van der Waals surface area contributed by atoms with Crippen LogP contribution in [0.1, 0.15) is 18.9 Å². The molecule has 1 saturated heterocycles. The standard InChI is InChI=1S/C13H16ClFO2/c1-8-5-6-17-13(8)11(16)7-9-3-2-4-10(15)12(9)14/h2-4,8,11,13,16H,5-7H2,1H3. The van der Waals surface area contributed by atoms with Crippen molar-refractivity contribution in [3.05, 3.63) is 34.6 Å². The molecule has 17 heavy (non-hydrogen) atoms. The number of halogens is 2. The first-order valence-corrected chi connectivity index (χ1v) is 6.20. The predicted molar refractivity (Wildman–Crippen MR) is 64.6 cm³/mol. The van der Waals surface area contributed by atoms with Crippen molar-refractivity contribution < 1.29 is 14.2 Å². The van der Waals surface area contributed by atoms with Gasteiger partial charge in [0.05, 0.1) is 17.2 Å². The molecule has 1 aromatic carbocycles. The molecular formula is C13H16ClFO2. The first kappa shape index (κ1) is 12.8. The molecule has 1 fully saturated rings. The van der Waals surface area contributed by atoms with Crippen LogP contribution in [0, 0.1) is 11.7 Å². The van der Waals surface area contributed by atoms with Crippen LogP contribution < -0.4 is 0 Å². The van der Waals surface area contributed by atoms with Crippen molar-refractivity contribution in [1.29, 1.82) is 0 Å². The van der Waals surface area contributed by atoms with E-state index >= 15 is 0 Å². The lowest BCUT2D eigenvalue weighted by atomic mass is 9.95. The Hall–Kier alpha value is -0.640. The average molecular weight is 259 g/mol. The second kappa shape index (κ2) is 5.34. The van der Waals surface area contributed by atoms with Gasteiger partial charge in [-0.2, -0.15) is 0 Å². The molecule has 1 aliphatic heterocycles. The minimum Gasteiger partial charge on any atom is -0.390 e. The van der Waals surface area contributed by atoms with E-state index in [2.05, 4.69) is 0 Å². The molecule has 1 heterocycles. The van der Waals surface area contributed by atoms with Gasteiger partial charge in [0.15, 0.2) is 0 Å². The van der Waals surface area contributed by atoms with Crippen molar-refractivity contribution >= 4 is 11.6 Å². The minimum atomic E-state index is -0.633. The van der Waals surface area contributed by atoms with Crippen molar-refractivity contribution in [3.63, 3.8) is 0 Å². The molecule has 1 aromatic rings. The topological polar surface area (TPSA) is 29.5 Å². The van der Waals surface area contributed by atoms with Gasteiger partial charge in [-0.1, -0.05) is 30.7 Å². The summed E-state index contributed by atoms with van der Waals surface area (Å²) in [6, 6.07) is 4.64. The van der Waals surface area contributed by atoms with Crippen LogP contribution in [0.4, 0.5) is 4.39 Å². The zero-order valence-electron chi connectivity index (χ0n) is 9.70. The van der Waals surface area contributed by atoms with Crippen molar-refractivity contribution in [2.75, 3.05) is 6.61 Å². The molecule has 1 aliphatic rings. The predicted octanol–water partition coefficient (Wildman–Crippen LogP) is 2.81. The van der Waals surface area contributed by atoms with Gasteiger partial charge in [0.25, 0.3) is 0 Å². The van der Waals surface area contributed by atoms with Gasteiger partial charge in [-0.3, -0.25) is 0 Å². The molecule has 3 unspecified atom stereocenters. The highest BCUT2D eigenvalue weighted by molar-refractivity contribution is 6.31. The first-order valence-electron chi connectivity index (χ1n) is 5.82. The van der Waals surface area contributed by atoms with Gasteiger partial charge in [0.2, 0.25) is 0 Å². The number of rotatable bonds is 3. The second-order valence-electron chi connectivity index (χ2n) is 4.59. The summed E-state index contributed by atoms with van der Waals surface area (Å²) in [4.78, 5) is 0. The van der Waals surface area contributed by atoms with E-state index in [1.807, 2.05) is 6.92 Å². The third-order valence-corrected chi connectivity index (χ3v) is 3.71. The van der Waals surface area contributed by atoms with Crippen molar-refractivity contribution in [3.8, 4) is 0 Å². The van der Waals surface area contributed by atoms with E-state index in [0.717, 1.165) is 6.42 Å². The number of aliphatic hydroxyl groups excluding tert-OH is 1. The van der Waals surface area contributed by atoms with Crippen LogP contribution in [0.15, 0.2) is 18.2 Å². The summed E-state index contributed by atoms with van der Waals surface area (Å²) in [5.41, 5.74) is 0.627. The summed E-state index contributed by atoms with van der Waals surface area (Å²) in [6.45, 7) is 2.73. The summed E-state index contributed by atoms with van der Waals surface area (Å²) < 4.78 is 18.7. The van der Waals surface area contributed by atoms with Gasteiger partial charge in [0.1, 0.15) is 5.82 Å². The maximum Gasteiger partial charge on any atom is 0.142 e. The Morgan fingerprint density at radius 1 is 1.59 bits per heavy atom. The lowest BCUT2D eigenvalue weighted by Gasteiger charge is -2.21. The van der Waals surface area contributed by atoms with Crippen LogP contribution >= 0.6 is 11.6 Å². The van der Waals surface area contributed by atoms with Gasteiger partial charge in [-0.15, -0.1) is 0 Å². The maximum absolute atomic E-state index is 13.2. The van der Waals surface area contributed by atoms with Crippen LogP contribution in [0.5, 0.6) is 0 Å². The summed E-state index contributed by atoms with van der Waals surface area (Å²) in [6.07, 6.45) is 0.477. The number of hydrogen-bond donors (Lipinski definition) is 1. The SMILES string of the molecule is CC1CCOC1C(O)Cc1cccc(F)c1Cl. The molecule has 0 bridgehead atoms. The third kappa shape index (κ3) is 2.79. The van der Waals surface area contributed by atoms with E-state index in [0.29, 0.717) is 24.5 Å². The highest BCUT2D eigenvalue weighted by atomic mass is 35.5. The molecule has 0 radical (unpaired) electrons. The van der Waals surface area contributed by atoms with Gasteiger partial charge in [0, 0.05) is 13.0 Å². The van der Waals surface area contributed by atoms with Gasteiger partial charge in [-0.05, 0) is 24.0 Å². The molecule has 0 saturated carbocycles. The van der Waals surface area contributed by atoms with Crippen molar-refractivity contribution in [2.24, 2.45) is 5.92 Å². The van der Waals surface area contributed by atoms with Gasteiger partial charge in [-0.25, -0.2) is 4.39 Å². The lowest BCUT2D eigenvalue weighted by molar-refractivity contribution is -0.0157. The van der Waals surface area contributed by atoms with E-state index in [1.165, 1.54) is 6.07 Å². The molecule has 0 aromatic heterocycles. The lowest BCUT2D eigenvalue weighted by Crippen LogP contribution is -2.31. The van der Waals surface area contributed by atoms with Crippen LogP contribution in [-0.4, -0.2) is 23.9 Å². The maximum atomic E-state index is 13.2. The van der Waals surface area contributed by atoms with E-state index < -0.39 is 11.9 Å². The average Bonchev–Trinajstić information content (AvgIpc) is 2.71. The Morgan fingerprint density at radius 3 is 3.00 bits per heavy atom. The molecular weight excluding hydrogens is 243 g/mol. The van der Waals surface area contributed by atoms with Crippen molar-refractivity contribution in [1.82, 2.24) is 0 Å². The Balaban J connectivity index is 2.07. The van der Waals surface area contributed by atoms with E-state index in [4.69, 9.17) is 16.3 Å². The molecule has 0 aliphatic carbocycles. The zero-order valence-corrected chi connectivity index (χ0v) is 10.5. The van der Waals surface area contributed by atoms with E-state index in [9.17, 15) is 9.50 Å². The summed E-state index contributed by atoms with van der Waals surface area (Å²) >= 11 is 5.85. The fourth-order valence-electron chi connectivity index (χ4n) is 2.26. The summed E-state index contributed by atoms with van der Waals surface area (Å²) in [5.74, 6) is -0.117.